The molecule has 5 heteroatoms. The molecule has 0 bridgehead atoms. The van der Waals surface area contributed by atoms with E-state index in [2.05, 4.69) is 0 Å². The maximum atomic E-state index is 8.75. The molecular formula is C13H21NO4. The summed E-state index contributed by atoms with van der Waals surface area (Å²) in [6, 6.07) is 3.63. The molecule has 5 nitrogen and oxygen atoms in total. The van der Waals surface area contributed by atoms with Crippen molar-refractivity contribution in [3.8, 4) is 11.5 Å². The lowest BCUT2D eigenvalue weighted by atomic mass is 10.2. The van der Waals surface area contributed by atoms with Gasteiger partial charge in [-0.3, -0.25) is 0 Å². The largest absolute Gasteiger partial charge is 0.489 e. The number of aliphatic hydroxyl groups excluding tert-OH is 2. The number of aryl methyl sites for hydroxylation is 1. The highest BCUT2D eigenvalue weighted by molar-refractivity contribution is 5.63. The number of rotatable bonds is 8. The van der Waals surface area contributed by atoms with E-state index in [1.807, 2.05) is 13.0 Å². The van der Waals surface area contributed by atoms with Crippen LogP contribution in [0.2, 0.25) is 0 Å². The third kappa shape index (κ3) is 4.09. The minimum atomic E-state index is 0.0758. The minimum absolute atomic E-state index is 0.0758. The van der Waals surface area contributed by atoms with E-state index in [-0.39, 0.29) is 13.2 Å². The molecule has 0 atom stereocenters. The van der Waals surface area contributed by atoms with E-state index < -0.39 is 0 Å². The molecule has 0 fully saturated rings. The molecule has 0 spiro atoms. The van der Waals surface area contributed by atoms with Crippen molar-refractivity contribution in [1.82, 2.24) is 0 Å². The Hall–Kier alpha value is -1.46. The molecule has 0 aliphatic rings. The van der Waals surface area contributed by atoms with E-state index in [4.69, 9.17) is 25.4 Å². The smallest absolute Gasteiger partial charge is 0.184 e. The molecule has 0 saturated heterocycles. The summed E-state index contributed by atoms with van der Waals surface area (Å²) >= 11 is 0. The third-order valence-corrected chi connectivity index (χ3v) is 2.44. The molecule has 0 aliphatic carbocycles. The zero-order chi connectivity index (χ0) is 13.4. The maximum Gasteiger partial charge on any atom is 0.184 e. The lowest BCUT2D eigenvalue weighted by Crippen LogP contribution is -2.07. The van der Waals surface area contributed by atoms with Crippen molar-refractivity contribution in [3.63, 3.8) is 0 Å². The molecule has 102 valence electrons. The summed E-state index contributed by atoms with van der Waals surface area (Å²) in [5, 5.41) is 17.5. The van der Waals surface area contributed by atoms with Crippen LogP contribution in [0.5, 0.6) is 11.5 Å². The van der Waals surface area contributed by atoms with Crippen molar-refractivity contribution < 1.29 is 19.7 Å². The fraction of sp³-hybridized carbons (Fsp3) is 0.538. The van der Waals surface area contributed by atoms with E-state index in [0.29, 0.717) is 43.2 Å². The molecule has 0 aromatic heterocycles. The average molecular weight is 255 g/mol. The number of benzene rings is 1. The number of hydrogen-bond acceptors (Lipinski definition) is 5. The van der Waals surface area contributed by atoms with Crippen LogP contribution in [0.4, 0.5) is 5.69 Å². The van der Waals surface area contributed by atoms with Crippen molar-refractivity contribution in [2.45, 2.75) is 19.8 Å². The highest BCUT2D eigenvalue weighted by Crippen LogP contribution is 2.36. The Morgan fingerprint density at radius 1 is 1.00 bits per heavy atom. The molecule has 0 saturated carbocycles. The van der Waals surface area contributed by atoms with Crippen LogP contribution in [0.1, 0.15) is 18.4 Å². The predicted molar refractivity (Wildman–Crippen MR) is 70.0 cm³/mol. The summed E-state index contributed by atoms with van der Waals surface area (Å²) in [4.78, 5) is 0. The van der Waals surface area contributed by atoms with E-state index in [1.54, 1.807) is 6.07 Å². The number of aliphatic hydroxyl groups is 2. The van der Waals surface area contributed by atoms with E-state index in [1.165, 1.54) is 0 Å². The first-order chi connectivity index (χ1) is 8.70. The van der Waals surface area contributed by atoms with E-state index >= 15 is 0 Å². The quantitative estimate of drug-likeness (QED) is 0.478. The summed E-state index contributed by atoms with van der Waals surface area (Å²) in [5.74, 6) is 1.13. The Bertz CT molecular complexity index is 333. The molecule has 18 heavy (non-hydrogen) atoms. The average Bonchev–Trinajstić information content (AvgIpc) is 2.36. The van der Waals surface area contributed by atoms with Crippen molar-refractivity contribution >= 4 is 5.69 Å². The highest BCUT2D eigenvalue weighted by Gasteiger charge is 2.12. The fourth-order valence-corrected chi connectivity index (χ4v) is 1.48. The van der Waals surface area contributed by atoms with Gasteiger partial charge in [-0.2, -0.15) is 0 Å². The number of anilines is 1. The van der Waals surface area contributed by atoms with Crippen LogP contribution in [0.3, 0.4) is 0 Å². The maximum absolute atomic E-state index is 8.75. The van der Waals surface area contributed by atoms with Crippen LogP contribution >= 0.6 is 0 Å². The van der Waals surface area contributed by atoms with Gasteiger partial charge in [0.1, 0.15) is 0 Å². The van der Waals surface area contributed by atoms with Crippen molar-refractivity contribution in [2.24, 2.45) is 0 Å². The number of hydrogen-bond donors (Lipinski definition) is 3. The lowest BCUT2D eigenvalue weighted by molar-refractivity contribution is 0.211. The molecule has 0 aliphatic heterocycles. The van der Waals surface area contributed by atoms with Gasteiger partial charge in [0.2, 0.25) is 0 Å². The molecule has 4 N–H and O–H groups in total. The van der Waals surface area contributed by atoms with Gasteiger partial charge in [0, 0.05) is 26.1 Å². The van der Waals surface area contributed by atoms with Gasteiger partial charge in [0.05, 0.1) is 18.9 Å². The second-order valence-corrected chi connectivity index (χ2v) is 3.98. The van der Waals surface area contributed by atoms with Crippen LogP contribution in [0, 0.1) is 6.92 Å². The van der Waals surface area contributed by atoms with Gasteiger partial charge < -0.3 is 25.4 Å². The molecule has 1 rings (SSSR count). The highest BCUT2D eigenvalue weighted by atomic mass is 16.5. The SMILES string of the molecule is Cc1ccc(N)c(OCCCO)c1OCCCO. The van der Waals surface area contributed by atoms with Crippen molar-refractivity contribution in [3.05, 3.63) is 17.7 Å². The summed E-state index contributed by atoms with van der Waals surface area (Å²) in [5.41, 5.74) is 7.30. The normalized spacial score (nSPS) is 10.4. The number of nitrogen functional groups attached to an aromatic ring is 1. The van der Waals surface area contributed by atoms with Gasteiger partial charge in [0.25, 0.3) is 0 Å². The Morgan fingerprint density at radius 2 is 1.56 bits per heavy atom. The minimum Gasteiger partial charge on any atom is -0.489 e. The van der Waals surface area contributed by atoms with Crippen LogP contribution in [-0.4, -0.2) is 36.6 Å². The standard InChI is InChI=1S/C13H21NO4/c1-10-4-5-11(14)13(18-9-3-7-16)12(10)17-8-2-6-15/h4-5,15-16H,2-3,6-9,14H2,1H3. The van der Waals surface area contributed by atoms with Gasteiger partial charge in [-0.05, 0) is 18.6 Å². The summed E-state index contributed by atoms with van der Waals surface area (Å²) < 4.78 is 11.1. The van der Waals surface area contributed by atoms with E-state index in [0.717, 1.165) is 5.56 Å². The summed E-state index contributed by atoms with van der Waals surface area (Å²) in [6.07, 6.45) is 1.10. The Morgan fingerprint density at radius 3 is 2.11 bits per heavy atom. The topological polar surface area (TPSA) is 84.9 Å². The van der Waals surface area contributed by atoms with Crippen LogP contribution in [0.15, 0.2) is 12.1 Å². The number of ether oxygens (including phenoxy) is 2. The zero-order valence-electron chi connectivity index (χ0n) is 10.7. The molecule has 0 radical (unpaired) electrons. The predicted octanol–water partition coefficient (Wildman–Crippen LogP) is 1.10. The summed E-state index contributed by atoms with van der Waals surface area (Å²) in [6.45, 7) is 2.87. The molecular weight excluding hydrogens is 234 g/mol. The van der Waals surface area contributed by atoms with Gasteiger partial charge in [-0.25, -0.2) is 0 Å². The first kappa shape index (κ1) is 14.6. The Labute approximate surface area is 107 Å². The van der Waals surface area contributed by atoms with Crippen LogP contribution in [0.25, 0.3) is 0 Å². The zero-order valence-corrected chi connectivity index (χ0v) is 10.7. The number of nitrogens with two attached hydrogens (primary N) is 1. The monoisotopic (exact) mass is 255 g/mol. The molecule has 1 aromatic rings. The first-order valence-corrected chi connectivity index (χ1v) is 6.07. The van der Waals surface area contributed by atoms with Crippen LogP contribution < -0.4 is 15.2 Å². The van der Waals surface area contributed by atoms with Gasteiger partial charge in [-0.15, -0.1) is 0 Å². The van der Waals surface area contributed by atoms with Gasteiger partial charge in [0.15, 0.2) is 11.5 Å². The molecule has 0 heterocycles. The lowest BCUT2D eigenvalue weighted by Gasteiger charge is -2.16. The van der Waals surface area contributed by atoms with E-state index in [9.17, 15) is 0 Å². The second kappa shape index (κ2) is 7.79. The van der Waals surface area contributed by atoms with Crippen molar-refractivity contribution in [2.75, 3.05) is 32.2 Å². The van der Waals surface area contributed by atoms with Gasteiger partial charge in [-0.1, -0.05) is 6.07 Å². The Balaban J connectivity index is 2.79. The van der Waals surface area contributed by atoms with Crippen molar-refractivity contribution in [1.29, 1.82) is 0 Å². The second-order valence-electron chi connectivity index (χ2n) is 3.98. The van der Waals surface area contributed by atoms with Gasteiger partial charge >= 0.3 is 0 Å². The van der Waals surface area contributed by atoms with Crippen LogP contribution in [-0.2, 0) is 0 Å². The molecule has 0 unspecified atom stereocenters. The third-order valence-electron chi connectivity index (χ3n) is 2.44. The summed E-state index contributed by atoms with van der Waals surface area (Å²) in [7, 11) is 0. The fourth-order valence-electron chi connectivity index (χ4n) is 1.48. The molecule has 1 aromatic carbocycles. The molecule has 0 amide bonds. The first-order valence-electron chi connectivity index (χ1n) is 6.07. The Kier molecular flexibility index (Phi) is 6.32.